The molecule has 5 heteroatoms. The minimum Gasteiger partial charge on any atom is -0.334 e. The summed E-state index contributed by atoms with van der Waals surface area (Å²) in [6.45, 7) is 4.16. The first-order valence-corrected chi connectivity index (χ1v) is 5.39. The number of rotatable bonds is 4. The van der Waals surface area contributed by atoms with Gasteiger partial charge in [-0.3, -0.25) is 0 Å². The molecule has 1 unspecified atom stereocenters. The molecule has 0 aliphatic carbocycles. The minimum atomic E-state index is -1.17. The molecule has 1 rings (SSSR count). The van der Waals surface area contributed by atoms with E-state index in [-0.39, 0.29) is 12.8 Å². The summed E-state index contributed by atoms with van der Waals surface area (Å²) in [5.74, 6) is 0. The second-order valence-corrected chi connectivity index (χ2v) is 4.04. The summed E-state index contributed by atoms with van der Waals surface area (Å²) in [5.41, 5.74) is -0.644. The lowest BCUT2D eigenvalue weighted by atomic mass is 9.93. The molecule has 0 amide bonds. The molecule has 0 saturated carbocycles. The molecule has 4 nitrogen and oxygen atoms in total. The molecule has 1 fully saturated rings. The zero-order chi connectivity index (χ0) is 9.73. The van der Waals surface area contributed by atoms with Gasteiger partial charge in [0, 0.05) is 25.9 Å². The second kappa shape index (κ2) is 4.80. The molecule has 1 aliphatic heterocycles. The van der Waals surface area contributed by atoms with Crippen molar-refractivity contribution >= 4 is 20.9 Å². The van der Waals surface area contributed by atoms with Gasteiger partial charge in [-0.1, -0.05) is 0 Å². The summed E-state index contributed by atoms with van der Waals surface area (Å²) in [4.78, 5) is 20.8. The van der Waals surface area contributed by atoms with Gasteiger partial charge in [0.15, 0.2) is 8.38 Å². The molecule has 1 atom stereocenters. The number of aldehydes is 2. The molecule has 0 aromatic carbocycles. The number of hydrogen-bond donors (Lipinski definition) is 0. The van der Waals surface area contributed by atoms with E-state index in [1.807, 2.05) is 0 Å². The Morgan fingerprint density at radius 2 is 2.00 bits per heavy atom. The van der Waals surface area contributed by atoms with Crippen LogP contribution in [0.25, 0.3) is 0 Å². The van der Waals surface area contributed by atoms with Gasteiger partial charge in [0.05, 0.1) is 12.2 Å². The van der Waals surface area contributed by atoms with Crippen LogP contribution in [0, 0.1) is 6.66 Å². The lowest BCUT2D eigenvalue weighted by Crippen LogP contribution is -2.36. The van der Waals surface area contributed by atoms with Crippen LogP contribution in [-0.2, 0) is 18.6 Å². The van der Waals surface area contributed by atoms with Crippen molar-refractivity contribution < 1.29 is 18.6 Å². The van der Waals surface area contributed by atoms with Gasteiger partial charge in [0.2, 0.25) is 0 Å². The van der Waals surface area contributed by atoms with E-state index in [9.17, 15) is 9.59 Å². The van der Waals surface area contributed by atoms with Crippen LogP contribution in [-0.4, -0.2) is 24.8 Å². The SMILES string of the molecule is [CH2]P1OCCC(CC=O)(CC=O)O1. The average Bonchev–Trinajstić information content (AvgIpc) is 2.04. The molecular weight excluding hydrogens is 191 g/mol. The van der Waals surface area contributed by atoms with E-state index in [0.717, 1.165) is 12.6 Å². The van der Waals surface area contributed by atoms with Crippen LogP contribution in [0.5, 0.6) is 0 Å². The third-order valence-corrected chi connectivity index (χ3v) is 3.06. The number of hydrogen-bond acceptors (Lipinski definition) is 4. The Hall–Kier alpha value is -0.310. The zero-order valence-electron chi connectivity index (χ0n) is 7.27. The summed E-state index contributed by atoms with van der Waals surface area (Å²) in [7, 11) is -1.17. The van der Waals surface area contributed by atoms with Crippen LogP contribution in [0.15, 0.2) is 0 Å². The highest BCUT2D eigenvalue weighted by atomic mass is 31.2. The monoisotopic (exact) mass is 203 g/mol. The van der Waals surface area contributed by atoms with Gasteiger partial charge >= 0.3 is 0 Å². The summed E-state index contributed by atoms with van der Waals surface area (Å²) >= 11 is 0. The van der Waals surface area contributed by atoms with Crippen LogP contribution in [0.1, 0.15) is 19.3 Å². The van der Waals surface area contributed by atoms with Gasteiger partial charge in [0.25, 0.3) is 0 Å². The van der Waals surface area contributed by atoms with E-state index >= 15 is 0 Å². The van der Waals surface area contributed by atoms with Crippen molar-refractivity contribution in [1.82, 2.24) is 0 Å². The Bertz CT molecular complexity index is 185. The fourth-order valence-corrected chi connectivity index (χ4v) is 2.31. The van der Waals surface area contributed by atoms with Crippen LogP contribution in [0.4, 0.5) is 0 Å². The van der Waals surface area contributed by atoms with Crippen LogP contribution < -0.4 is 0 Å². The molecule has 0 N–H and O–H groups in total. The van der Waals surface area contributed by atoms with Crippen molar-refractivity contribution in [1.29, 1.82) is 0 Å². The summed E-state index contributed by atoms with van der Waals surface area (Å²) in [6.07, 6.45) is 2.61. The first-order valence-electron chi connectivity index (χ1n) is 4.02. The molecule has 1 heterocycles. The number of carbonyl (C=O) groups excluding carboxylic acids is 2. The normalized spacial score (nSPS) is 26.7. The van der Waals surface area contributed by atoms with E-state index in [1.165, 1.54) is 0 Å². The zero-order valence-corrected chi connectivity index (χ0v) is 8.16. The molecule has 1 saturated heterocycles. The fourth-order valence-electron chi connectivity index (χ4n) is 1.29. The maximum Gasteiger partial charge on any atom is 0.171 e. The largest absolute Gasteiger partial charge is 0.334 e. The smallest absolute Gasteiger partial charge is 0.171 e. The molecule has 1 radical (unpaired) electrons. The molecule has 1 aliphatic rings. The molecule has 73 valence electrons. The maximum atomic E-state index is 10.4. The Balaban J connectivity index is 2.63. The van der Waals surface area contributed by atoms with Gasteiger partial charge < -0.3 is 18.6 Å². The summed E-state index contributed by atoms with van der Waals surface area (Å²) in [6, 6.07) is 0. The van der Waals surface area contributed by atoms with Crippen molar-refractivity contribution in [3.8, 4) is 0 Å². The predicted molar refractivity (Wildman–Crippen MR) is 48.0 cm³/mol. The number of carbonyl (C=O) groups is 2. The Morgan fingerprint density at radius 3 is 2.46 bits per heavy atom. The molecule has 0 bridgehead atoms. The minimum absolute atomic E-state index is 0.240. The average molecular weight is 203 g/mol. The molecule has 0 aromatic heterocycles. The highest BCUT2D eigenvalue weighted by molar-refractivity contribution is 7.48. The topological polar surface area (TPSA) is 52.6 Å². The van der Waals surface area contributed by atoms with Gasteiger partial charge in [-0.05, 0) is 0 Å². The Labute approximate surface area is 78.5 Å². The van der Waals surface area contributed by atoms with E-state index in [4.69, 9.17) is 9.05 Å². The standard InChI is InChI=1S/C8H12O4P/c1-13-11-7-4-8(12-13,2-5-9)3-6-10/h5-6H,1-4,7H2. The van der Waals surface area contributed by atoms with Gasteiger partial charge in [-0.2, -0.15) is 0 Å². The maximum absolute atomic E-state index is 10.4. The quantitative estimate of drug-likeness (QED) is 0.512. The van der Waals surface area contributed by atoms with Gasteiger partial charge in [-0.15, -0.1) is 0 Å². The van der Waals surface area contributed by atoms with Crippen LogP contribution in [0.2, 0.25) is 0 Å². The second-order valence-electron chi connectivity index (χ2n) is 2.93. The van der Waals surface area contributed by atoms with E-state index in [1.54, 1.807) is 0 Å². The van der Waals surface area contributed by atoms with Crippen LogP contribution >= 0.6 is 8.38 Å². The van der Waals surface area contributed by atoms with Crippen molar-refractivity contribution in [3.05, 3.63) is 6.66 Å². The lowest BCUT2D eigenvalue weighted by Gasteiger charge is -2.37. The van der Waals surface area contributed by atoms with Crippen molar-refractivity contribution in [2.75, 3.05) is 6.61 Å². The molecular formula is C8H12O4P. The third kappa shape index (κ3) is 2.83. The van der Waals surface area contributed by atoms with E-state index in [2.05, 4.69) is 6.66 Å². The summed E-state index contributed by atoms with van der Waals surface area (Å²) < 4.78 is 10.5. The molecule has 0 aromatic rings. The van der Waals surface area contributed by atoms with Gasteiger partial charge in [0.1, 0.15) is 12.6 Å². The molecule has 13 heavy (non-hydrogen) atoms. The van der Waals surface area contributed by atoms with E-state index in [0.29, 0.717) is 13.0 Å². The van der Waals surface area contributed by atoms with Crippen molar-refractivity contribution in [3.63, 3.8) is 0 Å². The van der Waals surface area contributed by atoms with Crippen LogP contribution in [0.3, 0.4) is 0 Å². The fraction of sp³-hybridized carbons (Fsp3) is 0.625. The first kappa shape index (κ1) is 10.8. The predicted octanol–water partition coefficient (Wildman–Crippen LogP) is 1.44. The molecule has 0 spiro atoms. The summed E-state index contributed by atoms with van der Waals surface area (Å²) in [5, 5.41) is 0. The Kier molecular flexibility index (Phi) is 3.97. The Morgan fingerprint density at radius 1 is 1.38 bits per heavy atom. The highest BCUT2D eigenvalue weighted by Crippen LogP contribution is 2.48. The lowest BCUT2D eigenvalue weighted by molar-refractivity contribution is -0.117. The first-order chi connectivity index (χ1) is 6.22. The van der Waals surface area contributed by atoms with Crippen molar-refractivity contribution in [2.45, 2.75) is 24.9 Å². The van der Waals surface area contributed by atoms with E-state index < -0.39 is 14.0 Å². The van der Waals surface area contributed by atoms with Crippen molar-refractivity contribution in [2.24, 2.45) is 0 Å². The highest BCUT2D eigenvalue weighted by Gasteiger charge is 2.36. The third-order valence-electron chi connectivity index (χ3n) is 2.00. The van der Waals surface area contributed by atoms with Gasteiger partial charge in [-0.25, -0.2) is 0 Å².